The Morgan fingerprint density at radius 2 is 2.11 bits per heavy atom. The number of rotatable bonds is 5. The highest BCUT2D eigenvalue weighted by molar-refractivity contribution is 5.77. The average Bonchev–Trinajstić information content (AvgIpc) is 3.05. The van der Waals surface area contributed by atoms with E-state index in [9.17, 15) is 4.79 Å². The van der Waals surface area contributed by atoms with Gasteiger partial charge in [0.2, 0.25) is 0 Å². The van der Waals surface area contributed by atoms with Crippen LogP contribution in [0.25, 0.3) is 0 Å². The molecule has 0 aliphatic rings. The molecular weight excluding hydrogens is 244 g/mol. The van der Waals surface area contributed by atoms with Crippen LogP contribution in [0.3, 0.4) is 0 Å². The van der Waals surface area contributed by atoms with Crippen molar-refractivity contribution in [1.82, 2.24) is 29.5 Å². The van der Waals surface area contributed by atoms with Crippen LogP contribution in [0.15, 0.2) is 12.7 Å². The molecule has 0 bridgehead atoms. The maximum absolute atomic E-state index is 12.2. The van der Waals surface area contributed by atoms with Crippen LogP contribution >= 0.6 is 0 Å². The molecule has 0 aliphatic carbocycles. The number of carbonyl (C=O) groups is 1. The molecule has 0 radical (unpaired) electrons. The smallest absolute Gasteiger partial charge is 0.243 e. The van der Waals surface area contributed by atoms with Crippen LogP contribution in [-0.4, -0.2) is 35.6 Å². The highest BCUT2D eigenvalue weighted by Gasteiger charge is 2.17. The predicted octanol–water partition coefficient (Wildman–Crippen LogP) is 1.68. The Morgan fingerprint density at radius 1 is 1.26 bits per heavy atom. The molecule has 0 saturated heterocycles. The Morgan fingerprint density at radius 3 is 2.74 bits per heavy atom. The lowest BCUT2D eigenvalue weighted by molar-refractivity contribution is 0.237. The number of aryl methyl sites for hydroxylation is 2. The molecule has 0 spiro atoms. The molecule has 0 aliphatic heterocycles. The van der Waals surface area contributed by atoms with E-state index in [-0.39, 0.29) is 6.03 Å². The van der Waals surface area contributed by atoms with Crippen LogP contribution in [0.4, 0.5) is 4.79 Å². The van der Waals surface area contributed by atoms with Crippen molar-refractivity contribution in [3.05, 3.63) is 24.3 Å². The van der Waals surface area contributed by atoms with Gasteiger partial charge in [-0.3, -0.25) is 0 Å². The van der Waals surface area contributed by atoms with E-state index < -0.39 is 0 Å². The number of nitrogens with zero attached hydrogens (tertiary/aromatic N) is 6. The normalized spacial score (nSPS) is 10.8. The fourth-order valence-electron chi connectivity index (χ4n) is 1.78. The van der Waals surface area contributed by atoms with Crippen molar-refractivity contribution in [2.75, 3.05) is 0 Å². The van der Waals surface area contributed by atoms with Crippen molar-refractivity contribution in [3.63, 3.8) is 0 Å². The lowest BCUT2D eigenvalue weighted by Crippen LogP contribution is -2.23. The topological polar surface area (TPSA) is 78.5 Å². The molecule has 102 valence electrons. The lowest BCUT2D eigenvalue weighted by Gasteiger charge is -2.02. The minimum Gasteiger partial charge on any atom is -0.243 e. The number of hydrogen-bond donors (Lipinski definition) is 0. The van der Waals surface area contributed by atoms with Gasteiger partial charge in [-0.1, -0.05) is 20.3 Å². The second-order valence-electron chi connectivity index (χ2n) is 4.33. The van der Waals surface area contributed by atoms with Gasteiger partial charge in [0.05, 0.1) is 0 Å². The van der Waals surface area contributed by atoms with Gasteiger partial charge in [0, 0.05) is 12.8 Å². The molecular formula is C12H18N6O. The van der Waals surface area contributed by atoms with E-state index in [4.69, 9.17) is 0 Å². The first-order chi connectivity index (χ1) is 9.26. The SMILES string of the molecule is CCCCc1nc(CCC)nn1C(=O)n1cncn1. The summed E-state index contributed by atoms with van der Waals surface area (Å²) in [7, 11) is 0. The fraction of sp³-hybridized carbons (Fsp3) is 0.583. The summed E-state index contributed by atoms with van der Waals surface area (Å²) in [6.07, 6.45) is 7.20. The van der Waals surface area contributed by atoms with Gasteiger partial charge in [0.15, 0.2) is 5.82 Å². The van der Waals surface area contributed by atoms with Crippen LogP contribution in [0.5, 0.6) is 0 Å². The molecule has 2 rings (SSSR count). The van der Waals surface area contributed by atoms with Gasteiger partial charge in [-0.25, -0.2) is 14.8 Å². The molecule has 2 heterocycles. The van der Waals surface area contributed by atoms with Crippen molar-refractivity contribution in [1.29, 1.82) is 0 Å². The van der Waals surface area contributed by atoms with E-state index in [1.54, 1.807) is 0 Å². The highest BCUT2D eigenvalue weighted by atomic mass is 16.2. The van der Waals surface area contributed by atoms with Crippen LogP contribution in [0.2, 0.25) is 0 Å². The first kappa shape index (κ1) is 13.4. The minimum absolute atomic E-state index is 0.335. The third kappa shape index (κ3) is 3.04. The first-order valence-corrected chi connectivity index (χ1v) is 6.60. The van der Waals surface area contributed by atoms with Crippen molar-refractivity contribution in [2.45, 2.75) is 46.0 Å². The standard InChI is InChI=1S/C12H18N6O/c1-3-5-7-11-15-10(6-4-2)16-18(11)12(19)17-9-13-8-14-17/h8-9H,3-7H2,1-2H3. The summed E-state index contributed by atoms with van der Waals surface area (Å²) in [6, 6.07) is -0.335. The lowest BCUT2D eigenvalue weighted by atomic mass is 10.2. The summed E-state index contributed by atoms with van der Waals surface area (Å²) in [4.78, 5) is 20.4. The zero-order chi connectivity index (χ0) is 13.7. The minimum atomic E-state index is -0.335. The molecule has 0 aromatic carbocycles. The monoisotopic (exact) mass is 262 g/mol. The molecule has 0 fully saturated rings. The number of unbranched alkanes of at least 4 members (excludes halogenated alkanes) is 1. The third-order valence-corrected chi connectivity index (χ3v) is 2.74. The number of aromatic nitrogens is 6. The van der Waals surface area contributed by atoms with Crippen LogP contribution in [0, 0.1) is 0 Å². The second kappa shape index (κ2) is 6.21. The van der Waals surface area contributed by atoms with Gasteiger partial charge in [-0.05, 0) is 12.8 Å². The Kier molecular flexibility index (Phi) is 4.38. The van der Waals surface area contributed by atoms with E-state index in [1.807, 2.05) is 0 Å². The summed E-state index contributed by atoms with van der Waals surface area (Å²) in [6.45, 7) is 4.17. The molecule has 0 unspecified atom stereocenters. The van der Waals surface area contributed by atoms with Crippen molar-refractivity contribution >= 4 is 6.03 Å². The van der Waals surface area contributed by atoms with E-state index in [1.165, 1.54) is 22.0 Å². The van der Waals surface area contributed by atoms with E-state index in [2.05, 4.69) is 34.0 Å². The fourth-order valence-corrected chi connectivity index (χ4v) is 1.78. The van der Waals surface area contributed by atoms with Crippen molar-refractivity contribution < 1.29 is 4.79 Å². The summed E-state index contributed by atoms with van der Waals surface area (Å²) in [5, 5.41) is 8.11. The maximum Gasteiger partial charge on any atom is 0.372 e. The van der Waals surface area contributed by atoms with Gasteiger partial charge in [0.25, 0.3) is 0 Å². The maximum atomic E-state index is 12.2. The van der Waals surface area contributed by atoms with Crippen LogP contribution in [-0.2, 0) is 12.8 Å². The molecule has 7 nitrogen and oxygen atoms in total. The van der Waals surface area contributed by atoms with E-state index >= 15 is 0 Å². The molecule has 0 atom stereocenters. The summed E-state index contributed by atoms with van der Waals surface area (Å²) >= 11 is 0. The molecule has 0 amide bonds. The van der Waals surface area contributed by atoms with Crippen LogP contribution < -0.4 is 0 Å². The first-order valence-electron chi connectivity index (χ1n) is 6.60. The van der Waals surface area contributed by atoms with Gasteiger partial charge >= 0.3 is 6.03 Å². The van der Waals surface area contributed by atoms with Gasteiger partial charge in [-0.2, -0.15) is 14.5 Å². The number of hydrogen-bond acceptors (Lipinski definition) is 5. The molecule has 2 aromatic rings. The van der Waals surface area contributed by atoms with Crippen LogP contribution in [0.1, 0.15) is 44.8 Å². The number of carbonyl (C=O) groups excluding carboxylic acids is 1. The molecule has 0 N–H and O–H groups in total. The zero-order valence-corrected chi connectivity index (χ0v) is 11.3. The van der Waals surface area contributed by atoms with Gasteiger partial charge in [0.1, 0.15) is 18.5 Å². The van der Waals surface area contributed by atoms with E-state index in [0.717, 1.165) is 32.1 Å². The Balaban J connectivity index is 2.28. The summed E-state index contributed by atoms with van der Waals surface area (Å²) < 4.78 is 2.51. The van der Waals surface area contributed by atoms with Crippen molar-refractivity contribution in [2.24, 2.45) is 0 Å². The van der Waals surface area contributed by atoms with Gasteiger partial charge < -0.3 is 0 Å². The van der Waals surface area contributed by atoms with E-state index in [0.29, 0.717) is 11.6 Å². The Bertz CT molecular complexity index is 530. The highest BCUT2D eigenvalue weighted by Crippen LogP contribution is 2.06. The predicted molar refractivity (Wildman–Crippen MR) is 68.8 cm³/mol. The largest absolute Gasteiger partial charge is 0.372 e. The summed E-state index contributed by atoms with van der Waals surface area (Å²) in [5.41, 5.74) is 0. The zero-order valence-electron chi connectivity index (χ0n) is 11.3. The molecule has 19 heavy (non-hydrogen) atoms. The van der Waals surface area contributed by atoms with Gasteiger partial charge in [-0.15, -0.1) is 5.10 Å². The Labute approximate surface area is 111 Å². The quantitative estimate of drug-likeness (QED) is 0.819. The third-order valence-electron chi connectivity index (χ3n) is 2.74. The Hall–Kier alpha value is -2.05. The summed E-state index contributed by atoms with van der Waals surface area (Å²) in [5.74, 6) is 1.41. The van der Waals surface area contributed by atoms with Crippen molar-refractivity contribution in [3.8, 4) is 0 Å². The second-order valence-corrected chi connectivity index (χ2v) is 4.33. The average molecular weight is 262 g/mol. The molecule has 2 aromatic heterocycles. The molecule has 0 saturated carbocycles. The molecule has 7 heteroatoms.